The molecule has 0 aliphatic heterocycles. The number of nitrogens with zero attached hydrogens (tertiary/aromatic N) is 4. The van der Waals surface area contributed by atoms with E-state index >= 15 is 0 Å². The lowest BCUT2D eigenvalue weighted by molar-refractivity contribution is -0.552. The maximum absolute atomic E-state index is 12.9. The highest BCUT2D eigenvalue weighted by molar-refractivity contribution is 7.71. The third kappa shape index (κ3) is 7.61. The molecular weight excluding hydrogens is 515 g/mol. The van der Waals surface area contributed by atoms with Gasteiger partial charge in [-0.25, -0.2) is 4.68 Å². The molecule has 1 aromatic heterocycles. The molecule has 2 aromatic carbocycles. The number of alkyl halides is 3. The largest absolute Gasteiger partial charge is 0.462 e. The van der Waals surface area contributed by atoms with Crippen molar-refractivity contribution >= 4 is 18.1 Å². The molecule has 0 amide bonds. The first-order valence-electron chi connectivity index (χ1n) is 12.5. The maximum Gasteiger partial charge on any atom is 0.416 e. The average molecular weight is 549 g/mol. The summed E-state index contributed by atoms with van der Waals surface area (Å²) >= 11 is 5.25. The third-order valence-electron chi connectivity index (χ3n) is 6.40. The van der Waals surface area contributed by atoms with Gasteiger partial charge in [0, 0.05) is 5.56 Å². The number of aromatic amines is 1. The number of aliphatic hydroxyl groups is 1. The number of hydrogen-bond acceptors (Lipinski definition) is 4. The van der Waals surface area contributed by atoms with E-state index in [1.54, 1.807) is 0 Å². The average Bonchev–Trinajstić information content (AvgIpc) is 2.90. The lowest BCUT2D eigenvalue weighted by atomic mass is 10.0. The second kappa shape index (κ2) is 13.0. The third-order valence-corrected chi connectivity index (χ3v) is 6.72. The van der Waals surface area contributed by atoms with Crippen LogP contribution in [0.2, 0.25) is 0 Å². The molecule has 0 spiro atoms. The summed E-state index contributed by atoms with van der Waals surface area (Å²) in [4.78, 5) is 16.8. The van der Waals surface area contributed by atoms with Crippen molar-refractivity contribution < 1.29 is 22.9 Å². The molecule has 0 fully saturated rings. The Morgan fingerprint density at radius 2 is 1.63 bits per heavy atom. The molecule has 0 bridgehead atoms. The molecule has 0 unspecified atom stereocenters. The molecule has 0 saturated heterocycles. The minimum absolute atomic E-state index is 0.00447. The van der Waals surface area contributed by atoms with Gasteiger partial charge in [-0.1, -0.05) is 57.2 Å². The first kappa shape index (κ1) is 29.2. The van der Waals surface area contributed by atoms with Crippen molar-refractivity contribution in [1.82, 2.24) is 19.7 Å². The Labute approximate surface area is 224 Å². The van der Waals surface area contributed by atoms with Gasteiger partial charge in [-0.05, 0) is 55.0 Å². The molecule has 3 aromatic rings. The molecule has 2 N–H and O–H groups in total. The number of hydrogen-bond donors (Lipinski definition) is 2. The van der Waals surface area contributed by atoms with Crippen LogP contribution in [0.5, 0.6) is 0 Å². The zero-order valence-electron chi connectivity index (χ0n) is 21.8. The summed E-state index contributed by atoms with van der Waals surface area (Å²) in [5.74, 6) is 0.0571. The van der Waals surface area contributed by atoms with Crippen LogP contribution in [-0.4, -0.2) is 61.4 Å². The van der Waals surface area contributed by atoms with Crippen molar-refractivity contribution in [2.45, 2.75) is 46.5 Å². The lowest BCUT2D eigenvalue weighted by Gasteiger charge is -2.17. The van der Waals surface area contributed by atoms with E-state index in [9.17, 15) is 23.1 Å². The van der Waals surface area contributed by atoms with Crippen LogP contribution in [0.1, 0.15) is 37.6 Å². The second-order valence-electron chi connectivity index (χ2n) is 8.85. The number of benzene rings is 2. The Hall–Kier alpha value is -3.31. The highest BCUT2D eigenvalue weighted by Crippen LogP contribution is 2.31. The van der Waals surface area contributed by atoms with Crippen LogP contribution in [0.4, 0.5) is 13.2 Å². The summed E-state index contributed by atoms with van der Waals surface area (Å²) in [5.41, 5.74) is 1.71. The second-order valence-corrected chi connectivity index (χ2v) is 9.24. The van der Waals surface area contributed by atoms with Crippen molar-refractivity contribution in [2.75, 3.05) is 26.2 Å². The van der Waals surface area contributed by atoms with Crippen LogP contribution in [0.15, 0.2) is 53.3 Å². The van der Waals surface area contributed by atoms with Gasteiger partial charge in [-0.15, -0.1) is 0 Å². The monoisotopic (exact) mass is 548 g/mol. The molecule has 1 heterocycles. The normalized spacial score (nSPS) is 12.6. The van der Waals surface area contributed by atoms with Gasteiger partial charge in [0.2, 0.25) is 0 Å². The van der Waals surface area contributed by atoms with Crippen LogP contribution < -0.4 is 5.56 Å². The Bertz CT molecular complexity index is 1360. The van der Waals surface area contributed by atoms with Gasteiger partial charge in [0.1, 0.15) is 5.69 Å². The van der Waals surface area contributed by atoms with Crippen LogP contribution in [0.3, 0.4) is 0 Å². The number of likely N-dealkylation sites (N-methyl/N-ethyl adjacent to an activating group) is 1. The van der Waals surface area contributed by atoms with Gasteiger partial charge >= 0.3 is 12.1 Å². The van der Waals surface area contributed by atoms with Crippen molar-refractivity contribution in [2.24, 2.45) is 0 Å². The van der Waals surface area contributed by atoms with Gasteiger partial charge in [0.15, 0.2) is 24.4 Å². The Morgan fingerprint density at radius 1 is 1.05 bits per heavy atom. The molecule has 0 aliphatic rings. The molecule has 0 radical (unpaired) electrons. The molecule has 0 aliphatic carbocycles. The predicted molar refractivity (Wildman–Crippen MR) is 144 cm³/mol. The first-order chi connectivity index (χ1) is 18.0. The fraction of sp³-hybridized carbons (Fsp3) is 0.407. The van der Waals surface area contributed by atoms with Crippen molar-refractivity contribution in [1.29, 1.82) is 0 Å². The number of aliphatic hydroxyl groups excluding tert-OH is 1. The predicted octanol–water partition coefficient (Wildman–Crippen LogP) is 5.06. The molecule has 0 atom stereocenters. The zero-order chi connectivity index (χ0) is 27.9. The molecule has 11 heteroatoms. The minimum Gasteiger partial charge on any atom is -0.462 e. The number of aryl methyl sites for hydroxylation is 1. The molecule has 204 valence electrons. The smallest absolute Gasteiger partial charge is 0.416 e. The number of H-pyrrole nitrogens is 1. The van der Waals surface area contributed by atoms with Crippen molar-refractivity contribution in [3.05, 3.63) is 80.5 Å². The van der Waals surface area contributed by atoms with Gasteiger partial charge in [-0.2, -0.15) is 22.8 Å². The van der Waals surface area contributed by atoms with Gasteiger partial charge in [-0.3, -0.25) is 14.7 Å². The standard InChI is InChI=1S/C27H32F3N5O2S/c1-4-23-25(37)31-26(38)35(32-23)18-24(36)34(16-15-33(5-2)6-3)17-19-7-9-20(10-8-19)21-11-13-22(14-12-21)27(28,29)30/h7-14H,4-6,15-18H2,1-3H3,(H,31,37,38)/p+1. The van der Waals surface area contributed by atoms with E-state index in [0.717, 1.165) is 42.9 Å². The van der Waals surface area contributed by atoms with E-state index in [2.05, 4.69) is 28.8 Å². The Kier molecular flexibility index (Phi) is 9.98. The fourth-order valence-electron chi connectivity index (χ4n) is 4.02. The molecule has 3 rings (SSSR count). The number of rotatable bonds is 11. The van der Waals surface area contributed by atoms with E-state index in [0.29, 0.717) is 30.8 Å². The number of nitrogens with one attached hydrogen (secondary N) is 1. The first-order valence-corrected chi connectivity index (χ1v) is 12.9. The van der Waals surface area contributed by atoms with Crippen molar-refractivity contribution in [3.63, 3.8) is 0 Å². The Balaban J connectivity index is 1.86. The highest BCUT2D eigenvalue weighted by atomic mass is 32.1. The number of aromatic nitrogens is 3. The van der Waals surface area contributed by atoms with Gasteiger partial charge in [0.05, 0.1) is 12.1 Å². The molecular formula is C27H33F3N5O2S+. The minimum atomic E-state index is -4.37. The quantitative estimate of drug-likeness (QED) is 0.152. The van der Waals surface area contributed by atoms with Crippen molar-refractivity contribution in [3.8, 4) is 11.1 Å². The molecule has 0 saturated carbocycles. The maximum atomic E-state index is 12.9. The summed E-state index contributed by atoms with van der Waals surface area (Å²) in [6.07, 6.45) is -3.94. The van der Waals surface area contributed by atoms with E-state index < -0.39 is 11.7 Å². The van der Waals surface area contributed by atoms with E-state index in [1.165, 1.54) is 16.8 Å². The topological polar surface area (TPSA) is 77.2 Å². The summed E-state index contributed by atoms with van der Waals surface area (Å²) in [6.45, 7) is 9.40. The highest BCUT2D eigenvalue weighted by Gasteiger charge is 2.30. The zero-order valence-corrected chi connectivity index (χ0v) is 22.6. The summed E-state index contributed by atoms with van der Waals surface area (Å²) < 4.78 is 42.0. The number of halogens is 3. The van der Waals surface area contributed by atoms with E-state index in [4.69, 9.17) is 12.2 Å². The van der Waals surface area contributed by atoms with E-state index in [-0.39, 0.29) is 22.8 Å². The molecule has 38 heavy (non-hydrogen) atoms. The molecule has 7 nitrogen and oxygen atoms in total. The summed E-state index contributed by atoms with van der Waals surface area (Å²) in [5, 5.41) is 15.4. The lowest BCUT2D eigenvalue weighted by Crippen LogP contribution is -2.35. The summed E-state index contributed by atoms with van der Waals surface area (Å²) in [6, 6.07) is 12.6. The van der Waals surface area contributed by atoms with Crippen LogP contribution in [0, 0.1) is 4.77 Å². The fourth-order valence-corrected chi connectivity index (χ4v) is 4.22. The van der Waals surface area contributed by atoms with E-state index in [1.807, 2.05) is 35.8 Å². The Morgan fingerprint density at radius 3 is 2.16 bits per heavy atom. The van der Waals surface area contributed by atoms with Gasteiger partial charge < -0.3 is 5.11 Å². The van der Waals surface area contributed by atoms with Crippen LogP contribution >= 0.6 is 12.2 Å². The van der Waals surface area contributed by atoms with Crippen LogP contribution in [-0.2, 0) is 25.7 Å². The summed E-state index contributed by atoms with van der Waals surface area (Å²) in [7, 11) is 0. The van der Waals surface area contributed by atoms with Gasteiger partial charge in [0.25, 0.3) is 5.56 Å². The van der Waals surface area contributed by atoms with Crippen LogP contribution in [0.25, 0.3) is 11.1 Å². The SMILES string of the molecule is CCc1nn(CC(O)=[N+](CCN(CC)CC)Cc2ccc(-c3ccc(C(F)(F)F)cc3)cc2)c(=S)[nH]c1=O.